The predicted molar refractivity (Wildman–Crippen MR) is 79.0 cm³/mol. The van der Waals surface area contributed by atoms with Crippen molar-refractivity contribution in [3.63, 3.8) is 0 Å². The summed E-state index contributed by atoms with van der Waals surface area (Å²) in [6.07, 6.45) is 5.36. The van der Waals surface area contributed by atoms with Crippen LogP contribution in [0.15, 0.2) is 16.7 Å². The smallest absolute Gasteiger partial charge is 0.160 e. The van der Waals surface area contributed by atoms with Gasteiger partial charge in [0.25, 0.3) is 0 Å². The Hall–Kier alpha value is -0.610. The molecule has 3 nitrogen and oxygen atoms in total. The molecule has 0 amide bonds. The normalized spacial score (nSPS) is 13.1. The third-order valence-corrected chi connectivity index (χ3v) is 3.55. The van der Waals surface area contributed by atoms with E-state index in [-0.39, 0.29) is 5.38 Å². The Morgan fingerprint density at radius 3 is 2.89 bits per heavy atom. The highest BCUT2D eigenvalue weighted by Crippen LogP contribution is 2.25. The van der Waals surface area contributed by atoms with Crippen molar-refractivity contribution in [2.45, 2.75) is 45.0 Å². The number of aromatic nitrogens is 3. The fourth-order valence-corrected chi connectivity index (χ4v) is 2.53. The van der Waals surface area contributed by atoms with E-state index in [0.717, 1.165) is 34.4 Å². The average Bonchev–Trinajstić information content (AvgIpc) is 2.68. The van der Waals surface area contributed by atoms with Crippen LogP contribution < -0.4 is 0 Å². The van der Waals surface area contributed by atoms with Crippen LogP contribution in [0.4, 0.5) is 0 Å². The van der Waals surface area contributed by atoms with Gasteiger partial charge in [-0.3, -0.25) is 0 Å². The molecule has 0 fully saturated rings. The Morgan fingerprint density at radius 2 is 2.22 bits per heavy atom. The van der Waals surface area contributed by atoms with E-state index in [1.165, 1.54) is 12.8 Å². The van der Waals surface area contributed by atoms with Gasteiger partial charge in [0.2, 0.25) is 0 Å². The fraction of sp³-hybridized carbons (Fsp3) is 0.538. The van der Waals surface area contributed by atoms with Crippen LogP contribution in [0.25, 0.3) is 11.2 Å². The van der Waals surface area contributed by atoms with Crippen LogP contribution in [-0.2, 0) is 6.54 Å². The van der Waals surface area contributed by atoms with Gasteiger partial charge in [-0.15, -0.1) is 11.6 Å². The predicted octanol–water partition coefficient (Wildman–Crippen LogP) is 4.68. The quantitative estimate of drug-likeness (QED) is 0.588. The van der Waals surface area contributed by atoms with Gasteiger partial charge < -0.3 is 4.57 Å². The van der Waals surface area contributed by atoms with Gasteiger partial charge >= 0.3 is 0 Å². The summed E-state index contributed by atoms with van der Waals surface area (Å²) in [5.74, 6) is 0.911. The van der Waals surface area contributed by atoms with Crippen molar-refractivity contribution < 1.29 is 0 Å². The molecule has 0 aliphatic rings. The Balaban J connectivity index is 2.42. The molecule has 0 spiro atoms. The molecule has 0 saturated carbocycles. The molecule has 2 aromatic heterocycles. The van der Waals surface area contributed by atoms with Crippen LogP contribution in [0, 0.1) is 0 Å². The first kappa shape index (κ1) is 13.8. The summed E-state index contributed by atoms with van der Waals surface area (Å²) in [5.41, 5.74) is 1.83. The van der Waals surface area contributed by atoms with E-state index in [1.807, 2.05) is 19.2 Å². The number of hydrogen-bond acceptors (Lipinski definition) is 2. The van der Waals surface area contributed by atoms with Gasteiger partial charge in [0.15, 0.2) is 5.65 Å². The number of fused-ring (bicyclic) bond motifs is 1. The molecule has 0 bridgehead atoms. The van der Waals surface area contributed by atoms with Crippen LogP contribution in [-0.4, -0.2) is 14.5 Å². The topological polar surface area (TPSA) is 30.7 Å². The molecule has 2 heterocycles. The van der Waals surface area contributed by atoms with E-state index in [0.29, 0.717) is 0 Å². The lowest BCUT2D eigenvalue weighted by atomic mass is 10.2. The highest BCUT2D eigenvalue weighted by molar-refractivity contribution is 9.10. The number of halogens is 2. The van der Waals surface area contributed by atoms with Gasteiger partial charge in [-0.05, 0) is 35.3 Å². The summed E-state index contributed by atoms with van der Waals surface area (Å²) in [7, 11) is 0. The first-order valence-electron chi connectivity index (χ1n) is 6.29. The van der Waals surface area contributed by atoms with Gasteiger partial charge in [0.05, 0.1) is 5.38 Å². The van der Waals surface area contributed by atoms with Crippen molar-refractivity contribution in [1.82, 2.24) is 14.5 Å². The SMILES string of the molecule is CCCCCn1c(C(C)Cl)nc2cc(Br)cnc21. The zero-order chi connectivity index (χ0) is 13.1. The Labute approximate surface area is 121 Å². The number of unbranched alkanes of at least 4 members (excludes halogenated alkanes) is 2. The lowest BCUT2D eigenvalue weighted by Gasteiger charge is -2.09. The van der Waals surface area contributed by atoms with E-state index < -0.39 is 0 Å². The lowest BCUT2D eigenvalue weighted by Crippen LogP contribution is -2.05. The molecule has 18 heavy (non-hydrogen) atoms. The van der Waals surface area contributed by atoms with Gasteiger partial charge in [-0.25, -0.2) is 9.97 Å². The maximum Gasteiger partial charge on any atom is 0.160 e. The summed E-state index contributed by atoms with van der Waals surface area (Å²) in [6, 6.07) is 1.99. The molecule has 0 N–H and O–H groups in total. The Kier molecular flexibility index (Phi) is 4.62. The second kappa shape index (κ2) is 6.02. The van der Waals surface area contributed by atoms with E-state index in [9.17, 15) is 0 Å². The number of nitrogens with zero attached hydrogens (tertiary/aromatic N) is 3. The standard InChI is InChI=1S/C13H17BrClN3/c1-3-4-5-6-18-12(9(2)15)17-11-7-10(14)8-16-13(11)18/h7-9H,3-6H2,1-2H3. The molecule has 5 heteroatoms. The van der Waals surface area contributed by atoms with E-state index in [4.69, 9.17) is 11.6 Å². The molecule has 0 saturated heterocycles. The van der Waals surface area contributed by atoms with Crippen molar-refractivity contribution in [2.75, 3.05) is 0 Å². The monoisotopic (exact) mass is 329 g/mol. The molecular formula is C13H17BrClN3. The summed E-state index contributed by atoms with van der Waals surface area (Å²) in [6.45, 7) is 5.09. The third kappa shape index (κ3) is 2.86. The number of pyridine rings is 1. The van der Waals surface area contributed by atoms with Crippen LogP contribution in [0.2, 0.25) is 0 Å². The molecule has 1 atom stereocenters. The molecule has 2 aromatic rings. The van der Waals surface area contributed by atoms with E-state index in [2.05, 4.69) is 37.4 Å². The zero-order valence-electron chi connectivity index (χ0n) is 10.7. The minimum absolute atomic E-state index is 0.0976. The molecule has 0 radical (unpaired) electrons. The van der Waals surface area contributed by atoms with Crippen molar-refractivity contribution >= 4 is 38.7 Å². The highest BCUT2D eigenvalue weighted by Gasteiger charge is 2.15. The minimum Gasteiger partial charge on any atom is -0.311 e. The largest absolute Gasteiger partial charge is 0.311 e. The molecule has 0 aliphatic heterocycles. The minimum atomic E-state index is -0.0976. The Morgan fingerprint density at radius 1 is 1.44 bits per heavy atom. The second-order valence-electron chi connectivity index (χ2n) is 4.44. The molecule has 1 unspecified atom stereocenters. The lowest BCUT2D eigenvalue weighted by molar-refractivity contribution is 0.588. The fourth-order valence-electron chi connectivity index (χ4n) is 2.05. The number of imidazole rings is 1. The number of alkyl halides is 1. The van der Waals surface area contributed by atoms with E-state index >= 15 is 0 Å². The summed E-state index contributed by atoms with van der Waals surface area (Å²) >= 11 is 9.63. The maximum absolute atomic E-state index is 6.21. The molecule has 98 valence electrons. The van der Waals surface area contributed by atoms with Crippen molar-refractivity contribution in [2.24, 2.45) is 0 Å². The molecule has 2 rings (SSSR count). The zero-order valence-corrected chi connectivity index (χ0v) is 13.0. The van der Waals surface area contributed by atoms with Gasteiger partial charge in [0.1, 0.15) is 11.3 Å². The van der Waals surface area contributed by atoms with Crippen molar-refractivity contribution in [3.05, 3.63) is 22.6 Å². The van der Waals surface area contributed by atoms with Gasteiger partial charge in [-0.2, -0.15) is 0 Å². The third-order valence-electron chi connectivity index (χ3n) is 2.92. The van der Waals surface area contributed by atoms with Gasteiger partial charge in [-0.1, -0.05) is 19.8 Å². The second-order valence-corrected chi connectivity index (χ2v) is 6.01. The summed E-state index contributed by atoms with van der Waals surface area (Å²) < 4.78 is 3.09. The van der Waals surface area contributed by atoms with Crippen LogP contribution in [0.3, 0.4) is 0 Å². The average molecular weight is 331 g/mol. The van der Waals surface area contributed by atoms with Crippen LogP contribution in [0.5, 0.6) is 0 Å². The summed E-state index contributed by atoms with van der Waals surface area (Å²) in [4.78, 5) is 9.05. The first-order chi connectivity index (χ1) is 8.63. The van der Waals surface area contributed by atoms with Crippen molar-refractivity contribution in [3.8, 4) is 0 Å². The van der Waals surface area contributed by atoms with Crippen LogP contribution >= 0.6 is 27.5 Å². The number of rotatable bonds is 5. The molecule has 0 aromatic carbocycles. The number of aryl methyl sites for hydroxylation is 1. The number of hydrogen-bond donors (Lipinski definition) is 0. The van der Waals surface area contributed by atoms with E-state index in [1.54, 1.807) is 0 Å². The van der Waals surface area contributed by atoms with Gasteiger partial charge in [0, 0.05) is 17.2 Å². The Bertz CT molecular complexity index is 536. The molecule has 0 aliphatic carbocycles. The van der Waals surface area contributed by atoms with Crippen LogP contribution in [0.1, 0.15) is 44.3 Å². The first-order valence-corrected chi connectivity index (χ1v) is 7.52. The molecular weight excluding hydrogens is 314 g/mol. The maximum atomic E-state index is 6.21. The highest BCUT2D eigenvalue weighted by atomic mass is 79.9. The summed E-state index contributed by atoms with van der Waals surface area (Å²) in [5, 5.41) is -0.0976. The van der Waals surface area contributed by atoms with Crippen molar-refractivity contribution in [1.29, 1.82) is 0 Å².